The standard InChI is InChI=1S/C12H22N2O3/c1-9(12(17)13-2)14-7-5-10(6-8-14)3-4-11(15)16/h9-10H,3-8H2,1-2H3,(H,13,17)(H,15,16). The second kappa shape index (κ2) is 6.59. The first-order valence-corrected chi connectivity index (χ1v) is 6.22. The number of nitrogens with zero attached hydrogens (tertiary/aromatic N) is 1. The van der Waals surface area contributed by atoms with Gasteiger partial charge in [-0.25, -0.2) is 0 Å². The molecule has 2 N–H and O–H groups in total. The monoisotopic (exact) mass is 242 g/mol. The van der Waals surface area contributed by atoms with Crippen LogP contribution in [0.25, 0.3) is 0 Å². The molecule has 1 heterocycles. The molecule has 1 aliphatic heterocycles. The number of hydrogen-bond acceptors (Lipinski definition) is 3. The molecule has 0 aromatic rings. The number of nitrogens with one attached hydrogen (secondary N) is 1. The molecule has 0 aromatic carbocycles. The molecule has 0 bridgehead atoms. The zero-order chi connectivity index (χ0) is 12.8. The molecule has 1 saturated heterocycles. The van der Waals surface area contributed by atoms with Crippen LogP contribution in [0.3, 0.4) is 0 Å². The number of hydrogen-bond donors (Lipinski definition) is 2. The van der Waals surface area contributed by atoms with Crippen LogP contribution in [-0.4, -0.2) is 48.1 Å². The average Bonchev–Trinajstić information content (AvgIpc) is 2.35. The topological polar surface area (TPSA) is 69.6 Å². The number of likely N-dealkylation sites (N-methyl/N-ethyl adjacent to an activating group) is 1. The molecule has 5 heteroatoms. The van der Waals surface area contributed by atoms with Gasteiger partial charge in [-0.1, -0.05) is 0 Å². The molecule has 98 valence electrons. The van der Waals surface area contributed by atoms with Crippen molar-refractivity contribution in [3.8, 4) is 0 Å². The number of piperidine rings is 1. The highest BCUT2D eigenvalue weighted by Gasteiger charge is 2.25. The molecule has 1 fully saturated rings. The molecule has 1 rings (SSSR count). The minimum atomic E-state index is -0.717. The Morgan fingerprint density at radius 3 is 2.47 bits per heavy atom. The fraction of sp³-hybridized carbons (Fsp3) is 0.833. The molecule has 1 unspecified atom stereocenters. The van der Waals surface area contributed by atoms with Crippen LogP contribution in [0.5, 0.6) is 0 Å². The second-order valence-electron chi connectivity index (χ2n) is 4.70. The summed E-state index contributed by atoms with van der Waals surface area (Å²) in [6.07, 6.45) is 3.01. The third kappa shape index (κ3) is 4.34. The number of aliphatic carboxylic acids is 1. The van der Waals surface area contributed by atoms with E-state index in [0.29, 0.717) is 5.92 Å². The summed E-state index contributed by atoms with van der Waals surface area (Å²) in [6.45, 7) is 3.69. The average molecular weight is 242 g/mol. The maximum absolute atomic E-state index is 11.5. The van der Waals surface area contributed by atoms with E-state index in [0.717, 1.165) is 32.4 Å². The normalized spacial score (nSPS) is 19.9. The van der Waals surface area contributed by atoms with Gasteiger partial charge >= 0.3 is 5.97 Å². The quantitative estimate of drug-likeness (QED) is 0.744. The first-order valence-electron chi connectivity index (χ1n) is 6.22. The zero-order valence-corrected chi connectivity index (χ0v) is 10.6. The highest BCUT2D eigenvalue weighted by atomic mass is 16.4. The van der Waals surface area contributed by atoms with E-state index in [4.69, 9.17) is 5.11 Å². The fourth-order valence-corrected chi connectivity index (χ4v) is 2.33. The van der Waals surface area contributed by atoms with Gasteiger partial charge in [-0.2, -0.15) is 0 Å². The summed E-state index contributed by atoms with van der Waals surface area (Å²) >= 11 is 0. The van der Waals surface area contributed by atoms with E-state index in [2.05, 4.69) is 10.2 Å². The molecule has 0 saturated carbocycles. The molecular weight excluding hydrogens is 220 g/mol. The summed E-state index contributed by atoms with van der Waals surface area (Å²) in [6, 6.07) is -0.0829. The van der Waals surface area contributed by atoms with Crippen LogP contribution in [0.4, 0.5) is 0 Å². The van der Waals surface area contributed by atoms with E-state index in [1.807, 2.05) is 6.92 Å². The van der Waals surface area contributed by atoms with Crippen molar-refractivity contribution in [2.45, 2.75) is 38.6 Å². The van der Waals surface area contributed by atoms with Crippen LogP contribution in [0.2, 0.25) is 0 Å². The van der Waals surface area contributed by atoms with Gasteiger partial charge in [0.1, 0.15) is 0 Å². The van der Waals surface area contributed by atoms with Crippen molar-refractivity contribution in [3.63, 3.8) is 0 Å². The van der Waals surface area contributed by atoms with E-state index in [1.165, 1.54) is 0 Å². The minimum absolute atomic E-state index is 0.0500. The van der Waals surface area contributed by atoms with Crippen molar-refractivity contribution in [1.82, 2.24) is 10.2 Å². The van der Waals surface area contributed by atoms with Gasteiger partial charge < -0.3 is 10.4 Å². The number of carbonyl (C=O) groups is 2. The highest BCUT2D eigenvalue weighted by Crippen LogP contribution is 2.23. The first kappa shape index (κ1) is 14.0. The lowest BCUT2D eigenvalue weighted by Crippen LogP contribution is -2.47. The van der Waals surface area contributed by atoms with Gasteiger partial charge in [0.2, 0.25) is 5.91 Å². The third-order valence-corrected chi connectivity index (χ3v) is 3.59. The van der Waals surface area contributed by atoms with E-state index >= 15 is 0 Å². The van der Waals surface area contributed by atoms with Gasteiger partial charge in [0.05, 0.1) is 6.04 Å². The predicted molar refractivity (Wildman–Crippen MR) is 64.7 cm³/mol. The second-order valence-corrected chi connectivity index (χ2v) is 4.70. The molecular formula is C12H22N2O3. The summed E-state index contributed by atoms with van der Waals surface area (Å²) in [5, 5.41) is 11.3. The Morgan fingerprint density at radius 2 is 2.00 bits per heavy atom. The van der Waals surface area contributed by atoms with Crippen molar-refractivity contribution in [2.24, 2.45) is 5.92 Å². The van der Waals surface area contributed by atoms with Crippen LogP contribution < -0.4 is 5.32 Å². The van der Waals surface area contributed by atoms with Crippen molar-refractivity contribution < 1.29 is 14.7 Å². The summed E-state index contributed by atoms with van der Waals surface area (Å²) in [7, 11) is 1.65. The summed E-state index contributed by atoms with van der Waals surface area (Å²) < 4.78 is 0. The number of carboxylic acids is 1. The first-order chi connectivity index (χ1) is 8.04. The van der Waals surface area contributed by atoms with E-state index in [1.54, 1.807) is 7.05 Å². The molecule has 0 spiro atoms. The van der Waals surface area contributed by atoms with Crippen LogP contribution in [0.1, 0.15) is 32.6 Å². The maximum atomic E-state index is 11.5. The van der Waals surface area contributed by atoms with Crippen molar-refractivity contribution >= 4 is 11.9 Å². The van der Waals surface area contributed by atoms with Gasteiger partial charge in [-0.3, -0.25) is 14.5 Å². The number of carboxylic acid groups (broad SMARTS) is 1. The molecule has 1 atom stereocenters. The Morgan fingerprint density at radius 1 is 1.41 bits per heavy atom. The number of likely N-dealkylation sites (tertiary alicyclic amines) is 1. The lowest BCUT2D eigenvalue weighted by molar-refractivity contribution is -0.137. The lowest BCUT2D eigenvalue weighted by atomic mass is 9.91. The Kier molecular flexibility index (Phi) is 5.41. The summed E-state index contributed by atoms with van der Waals surface area (Å²) in [4.78, 5) is 24.1. The largest absolute Gasteiger partial charge is 0.481 e. The van der Waals surface area contributed by atoms with Crippen LogP contribution in [-0.2, 0) is 9.59 Å². The van der Waals surface area contributed by atoms with Crippen LogP contribution >= 0.6 is 0 Å². The predicted octanol–water partition coefficient (Wildman–Crippen LogP) is 0.698. The Hall–Kier alpha value is -1.10. The molecule has 1 aliphatic rings. The van der Waals surface area contributed by atoms with Crippen LogP contribution in [0, 0.1) is 5.92 Å². The van der Waals surface area contributed by atoms with Gasteiger partial charge in [-0.05, 0) is 45.2 Å². The lowest BCUT2D eigenvalue weighted by Gasteiger charge is -2.35. The number of carbonyl (C=O) groups excluding carboxylic acids is 1. The highest BCUT2D eigenvalue weighted by molar-refractivity contribution is 5.80. The maximum Gasteiger partial charge on any atom is 0.303 e. The zero-order valence-electron chi connectivity index (χ0n) is 10.6. The molecule has 17 heavy (non-hydrogen) atoms. The SMILES string of the molecule is CNC(=O)C(C)N1CCC(CCC(=O)O)CC1. The number of amides is 1. The molecule has 0 aliphatic carbocycles. The van der Waals surface area contributed by atoms with E-state index in [-0.39, 0.29) is 18.4 Å². The van der Waals surface area contributed by atoms with Crippen molar-refractivity contribution in [2.75, 3.05) is 20.1 Å². The third-order valence-electron chi connectivity index (χ3n) is 3.59. The summed E-state index contributed by atoms with van der Waals surface area (Å²) in [5.74, 6) is -0.167. The van der Waals surface area contributed by atoms with E-state index < -0.39 is 5.97 Å². The fourth-order valence-electron chi connectivity index (χ4n) is 2.33. The molecule has 0 radical (unpaired) electrons. The molecule has 5 nitrogen and oxygen atoms in total. The Balaban J connectivity index is 2.30. The van der Waals surface area contributed by atoms with Gasteiger partial charge in [0.25, 0.3) is 0 Å². The number of rotatable bonds is 5. The molecule has 1 amide bonds. The minimum Gasteiger partial charge on any atom is -0.481 e. The smallest absolute Gasteiger partial charge is 0.303 e. The van der Waals surface area contributed by atoms with E-state index in [9.17, 15) is 9.59 Å². The summed E-state index contributed by atoms with van der Waals surface area (Å²) in [5.41, 5.74) is 0. The van der Waals surface area contributed by atoms with Crippen molar-refractivity contribution in [1.29, 1.82) is 0 Å². The molecule has 0 aromatic heterocycles. The Bertz CT molecular complexity index is 273. The van der Waals surface area contributed by atoms with Gasteiger partial charge in [-0.15, -0.1) is 0 Å². The van der Waals surface area contributed by atoms with Crippen molar-refractivity contribution in [3.05, 3.63) is 0 Å². The van der Waals surface area contributed by atoms with Gasteiger partial charge in [0.15, 0.2) is 0 Å². The van der Waals surface area contributed by atoms with Gasteiger partial charge in [0, 0.05) is 13.5 Å². The van der Waals surface area contributed by atoms with Crippen LogP contribution in [0.15, 0.2) is 0 Å². The Labute approximate surface area is 102 Å².